The molecular formula is C24H36BFN2O5. The second-order valence-corrected chi connectivity index (χ2v) is 11.0. The number of carbonyl (C=O) groups is 2. The van der Waals surface area contributed by atoms with Gasteiger partial charge in [-0.25, -0.2) is 9.18 Å². The molecule has 2 heterocycles. The Hall–Kier alpha value is -2.13. The zero-order valence-electron chi connectivity index (χ0n) is 21.0. The Kier molecular flexibility index (Phi) is 6.88. The predicted molar refractivity (Wildman–Crippen MR) is 125 cm³/mol. The molecule has 2 amide bonds. The second-order valence-electron chi connectivity index (χ2n) is 11.0. The van der Waals surface area contributed by atoms with Crippen LogP contribution in [-0.2, 0) is 25.3 Å². The van der Waals surface area contributed by atoms with Crippen molar-refractivity contribution < 1.29 is 28.0 Å². The molecule has 33 heavy (non-hydrogen) atoms. The van der Waals surface area contributed by atoms with E-state index in [9.17, 15) is 14.0 Å². The Balaban J connectivity index is 1.71. The Labute approximate surface area is 196 Å². The first-order chi connectivity index (χ1) is 15.1. The van der Waals surface area contributed by atoms with E-state index in [-0.39, 0.29) is 24.5 Å². The molecule has 1 atom stereocenters. The van der Waals surface area contributed by atoms with Gasteiger partial charge in [-0.05, 0) is 78.5 Å². The number of hydrogen-bond donors (Lipinski definition) is 0. The van der Waals surface area contributed by atoms with Gasteiger partial charge in [0.25, 0.3) is 0 Å². The summed E-state index contributed by atoms with van der Waals surface area (Å²) in [4.78, 5) is 29.0. The van der Waals surface area contributed by atoms with Crippen LogP contribution >= 0.6 is 0 Å². The highest BCUT2D eigenvalue weighted by Crippen LogP contribution is 2.36. The smallest absolute Gasteiger partial charge is 0.444 e. The van der Waals surface area contributed by atoms with Crippen LogP contribution in [0, 0.1) is 5.82 Å². The van der Waals surface area contributed by atoms with Crippen molar-refractivity contribution in [3.63, 3.8) is 0 Å². The number of ether oxygens (including phenoxy) is 1. The number of piperazine rings is 1. The van der Waals surface area contributed by atoms with E-state index in [0.717, 1.165) is 0 Å². The topological polar surface area (TPSA) is 68.3 Å². The third-order valence-corrected chi connectivity index (χ3v) is 6.56. The minimum atomic E-state index is -0.755. The number of carbonyl (C=O) groups excluding carboxylic acids is 2. The van der Waals surface area contributed by atoms with E-state index in [2.05, 4.69) is 0 Å². The Bertz CT molecular complexity index is 899. The fourth-order valence-corrected chi connectivity index (χ4v) is 4.00. The maximum atomic E-state index is 14.1. The average molecular weight is 462 g/mol. The Morgan fingerprint density at radius 2 is 1.76 bits per heavy atom. The van der Waals surface area contributed by atoms with Crippen LogP contribution < -0.4 is 5.46 Å². The minimum absolute atomic E-state index is 0.0873. The quantitative estimate of drug-likeness (QED) is 0.646. The summed E-state index contributed by atoms with van der Waals surface area (Å²) in [7, 11) is -0.755. The summed E-state index contributed by atoms with van der Waals surface area (Å²) in [5.74, 6) is -0.494. The summed E-state index contributed by atoms with van der Waals surface area (Å²) in [5.41, 5.74) is -0.515. The molecule has 2 fully saturated rings. The lowest BCUT2D eigenvalue weighted by atomic mass is 9.75. The number of halogens is 1. The molecule has 0 radical (unpaired) electrons. The number of nitrogens with zero attached hydrogens (tertiary/aromatic N) is 2. The van der Waals surface area contributed by atoms with Crippen LogP contribution in [0.25, 0.3) is 0 Å². The Morgan fingerprint density at radius 3 is 2.30 bits per heavy atom. The monoisotopic (exact) mass is 462 g/mol. The van der Waals surface area contributed by atoms with Crippen LogP contribution in [0.5, 0.6) is 0 Å². The number of rotatable bonds is 3. The van der Waals surface area contributed by atoms with Crippen molar-refractivity contribution in [3.8, 4) is 0 Å². The third-order valence-electron chi connectivity index (χ3n) is 6.56. The first kappa shape index (κ1) is 25.5. The lowest BCUT2D eigenvalue weighted by Gasteiger charge is -2.40. The number of hydrogen-bond acceptors (Lipinski definition) is 5. The van der Waals surface area contributed by atoms with Gasteiger partial charge < -0.3 is 23.8 Å². The lowest BCUT2D eigenvalue weighted by Crippen LogP contribution is -2.56. The summed E-state index contributed by atoms with van der Waals surface area (Å²) in [6.07, 6.45) is -0.278. The summed E-state index contributed by atoms with van der Waals surface area (Å²) in [6.45, 7) is 16.3. The van der Waals surface area contributed by atoms with E-state index in [1.165, 1.54) is 12.1 Å². The summed E-state index contributed by atoms with van der Waals surface area (Å²) in [5, 5.41) is 0. The van der Waals surface area contributed by atoms with E-state index < -0.39 is 29.7 Å². The number of amides is 2. The van der Waals surface area contributed by atoms with Crippen molar-refractivity contribution in [2.24, 2.45) is 0 Å². The van der Waals surface area contributed by atoms with E-state index in [1.807, 2.05) is 55.4 Å². The van der Waals surface area contributed by atoms with Crippen LogP contribution in [0.1, 0.15) is 61.0 Å². The molecular weight excluding hydrogens is 426 g/mol. The first-order valence-corrected chi connectivity index (χ1v) is 11.5. The highest BCUT2D eigenvalue weighted by molar-refractivity contribution is 6.62. The van der Waals surface area contributed by atoms with E-state index in [1.54, 1.807) is 15.9 Å². The molecule has 0 bridgehead atoms. The molecule has 1 aromatic rings. The van der Waals surface area contributed by atoms with E-state index in [4.69, 9.17) is 14.0 Å². The summed E-state index contributed by atoms with van der Waals surface area (Å²) >= 11 is 0. The van der Waals surface area contributed by atoms with Gasteiger partial charge in [-0.2, -0.15) is 0 Å². The fourth-order valence-electron chi connectivity index (χ4n) is 4.00. The van der Waals surface area contributed by atoms with Crippen molar-refractivity contribution in [2.45, 2.75) is 84.7 Å². The van der Waals surface area contributed by atoms with Crippen LogP contribution in [0.2, 0.25) is 0 Å². The standard InChI is InChI=1S/C24H36BFN2O5/c1-16-15-27(21(30)31-22(2,3)4)11-12-28(16)20(29)13-17-9-10-18(26)14-19(17)25-32-23(5,6)24(7,8)33-25/h9-10,14,16H,11-13,15H2,1-8H3/t16-/m1/s1. The molecule has 0 aromatic heterocycles. The highest BCUT2D eigenvalue weighted by atomic mass is 19.1. The average Bonchev–Trinajstić information content (AvgIpc) is 2.88. The largest absolute Gasteiger partial charge is 0.495 e. The third kappa shape index (κ3) is 5.69. The van der Waals surface area contributed by atoms with Gasteiger partial charge in [-0.3, -0.25) is 4.79 Å². The SMILES string of the molecule is C[C@@H]1CN(C(=O)OC(C)(C)C)CCN1C(=O)Cc1ccc(F)cc1B1OC(C)(C)C(C)(C)O1. The summed E-state index contributed by atoms with van der Waals surface area (Å²) < 4.78 is 31.8. The molecule has 2 saturated heterocycles. The molecule has 7 nitrogen and oxygen atoms in total. The maximum Gasteiger partial charge on any atom is 0.495 e. The van der Waals surface area contributed by atoms with Gasteiger partial charge in [0.15, 0.2) is 0 Å². The minimum Gasteiger partial charge on any atom is -0.444 e. The molecule has 9 heteroatoms. The van der Waals surface area contributed by atoms with Crippen LogP contribution in [0.4, 0.5) is 9.18 Å². The van der Waals surface area contributed by atoms with Crippen molar-refractivity contribution >= 4 is 24.6 Å². The van der Waals surface area contributed by atoms with Gasteiger partial charge in [0.1, 0.15) is 11.4 Å². The maximum absolute atomic E-state index is 14.1. The fraction of sp³-hybridized carbons (Fsp3) is 0.667. The molecule has 2 aliphatic heterocycles. The summed E-state index contributed by atoms with van der Waals surface area (Å²) in [6, 6.07) is 4.19. The Morgan fingerprint density at radius 1 is 1.15 bits per heavy atom. The molecule has 3 rings (SSSR count). The van der Waals surface area contributed by atoms with Gasteiger partial charge in [0.05, 0.1) is 17.6 Å². The van der Waals surface area contributed by atoms with Crippen molar-refractivity contribution in [3.05, 3.63) is 29.6 Å². The van der Waals surface area contributed by atoms with Crippen LogP contribution in [-0.4, -0.2) is 71.4 Å². The zero-order chi connectivity index (χ0) is 24.8. The molecule has 0 N–H and O–H groups in total. The van der Waals surface area contributed by atoms with Gasteiger partial charge in [-0.15, -0.1) is 0 Å². The molecule has 0 aliphatic carbocycles. The van der Waals surface area contributed by atoms with Crippen LogP contribution in [0.3, 0.4) is 0 Å². The second kappa shape index (κ2) is 8.91. The molecule has 0 unspecified atom stereocenters. The molecule has 0 spiro atoms. The lowest BCUT2D eigenvalue weighted by molar-refractivity contribution is -0.134. The van der Waals surface area contributed by atoms with Gasteiger partial charge in [0, 0.05) is 25.7 Å². The molecule has 1 aromatic carbocycles. The van der Waals surface area contributed by atoms with Crippen molar-refractivity contribution in [1.82, 2.24) is 9.80 Å². The predicted octanol–water partition coefficient (Wildman–Crippen LogP) is 3.14. The first-order valence-electron chi connectivity index (χ1n) is 11.5. The van der Waals surface area contributed by atoms with Gasteiger partial charge >= 0.3 is 13.2 Å². The number of benzene rings is 1. The van der Waals surface area contributed by atoms with E-state index >= 15 is 0 Å². The van der Waals surface area contributed by atoms with E-state index in [0.29, 0.717) is 30.7 Å². The van der Waals surface area contributed by atoms with Crippen molar-refractivity contribution in [1.29, 1.82) is 0 Å². The zero-order valence-corrected chi connectivity index (χ0v) is 21.0. The molecule has 182 valence electrons. The van der Waals surface area contributed by atoms with Gasteiger partial charge in [0.2, 0.25) is 5.91 Å². The van der Waals surface area contributed by atoms with Crippen LogP contribution in [0.15, 0.2) is 18.2 Å². The van der Waals surface area contributed by atoms with Gasteiger partial charge in [-0.1, -0.05) is 6.07 Å². The highest BCUT2D eigenvalue weighted by Gasteiger charge is 2.52. The normalized spacial score (nSPS) is 22.5. The van der Waals surface area contributed by atoms with Crippen molar-refractivity contribution in [2.75, 3.05) is 19.6 Å². The molecule has 0 saturated carbocycles. The molecule has 2 aliphatic rings.